The molecule has 0 aliphatic rings. The highest BCUT2D eigenvalue weighted by Gasteiger charge is 2.19. The molecule has 0 aliphatic carbocycles. The number of hydrogen-bond donors (Lipinski definition) is 2. The third kappa shape index (κ3) is 4.51. The second kappa shape index (κ2) is 5.92. The molecule has 1 unspecified atom stereocenters. The summed E-state index contributed by atoms with van der Waals surface area (Å²) < 4.78 is 25.5. The Bertz CT molecular complexity index is 501. The molecule has 1 atom stereocenters. The molecule has 0 spiro atoms. The van der Waals surface area contributed by atoms with Crippen LogP contribution in [0.3, 0.4) is 0 Å². The Morgan fingerprint density at radius 1 is 1.16 bits per heavy atom. The largest absolute Gasteiger partial charge is 0.385 e. The van der Waals surface area contributed by atoms with Gasteiger partial charge in [-0.2, -0.15) is 0 Å². The average molecular weight is 284 g/mol. The van der Waals surface area contributed by atoms with Crippen LogP contribution >= 0.6 is 0 Å². The number of anilines is 1. The molecular weight excluding hydrogens is 260 g/mol. The van der Waals surface area contributed by atoms with Gasteiger partial charge in [0, 0.05) is 12.2 Å². The summed E-state index contributed by atoms with van der Waals surface area (Å²) in [5.74, 6) is 0.521. The lowest BCUT2D eigenvalue weighted by Gasteiger charge is -2.27. The fourth-order valence-electron chi connectivity index (χ4n) is 1.45. The van der Waals surface area contributed by atoms with E-state index in [1.807, 2.05) is 0 Å². The molecule has 0 bridgehead atoms. The van der Waals surface area contributed by atoms with Gasteiger partial charge in [0.1, 0.15) is 0 Å². The molecule has 5 heteroatoms. The van der Waals surface area contributed by atoms with Crippen molar-refractivity contribution in [3.63, 3.8) is 0 Å². The van der Waals surface area contributed by atoms with Gasteiger partial charge in [0.25, 0.3) is 0 Å². The van der Waals surface area contributed by atoms with Crippen LogP contribution in [-0.4, -0.2) is 22.0 Å². The van der Waals surface area contributed by atoms with Crippen LogP contribution in [0, 0.1) is 11.3 Å². The molecule has 0 heterocycles. The average Bonchev–Trinajstić information content (AvgIpc) is 2.35. The predicted molar refractivity (Wildman–Crippen MR) is 79.8 cm³/mol. The van der Waals surface area contributed by atoms with Crippen molar-refractivity contribution >= 4 is 15.7 Å². The van der Waals surface area contributed by atoms with Crippen molar-refractivity contribution in [2.45, 2.75) is 32.6 Å². The number of hydrogen-bond acceptors (Lipinski definition) is 3. The van der Waals surface area contributed by atoms with Crippen LogP contribution in [0.25, 0.3) is 0 Å². The first kappa shape index (κ1) is 16.0. The fourth-order valence-corrected chi connectivity index (χ4v) is 2.18. The Labute approximate surface area is 116 Å². The lowest BCUT2D eigenvalue weighted by molar-refractivity contribution is 0.274. The van der Waals surface area contributed by atoms with Gasteiger partial charge in [-0.05, 0) is 42.6 Å². The van der Waals surface area contributed by atoms with E-state index in [4.69, 9.17) is 0 Å². The molecule has 0 radical (unpaired) electrons. The van der Waals surface area contributed by atoms with E-state index < -0.39 is 10.0 Å². The minimum atomic E-state index is -3.35. The number of sulfonamides is 1. The molecule has 0 saturated carbocycles. The van der Waals surface area contributed by atoms with Crippen molar-refractivity contribution in [3.05, 3.63) is 24.3 Å². The zero-order valence-corrected chi connectivity index (χ0v) is 13.1. The summed E-state index contributed by atoms with van der Waals surface area (Å²) in [6.07, 6.45) is 0. The summed E-state index contributed by atoms with van der Waals surface area (Å²) in [7, 11) is -1.94. The molecular formula is C14H24N2O2S. The summed E-state index contributed by atoms with van der Waals surface area (Å²) in [6.45, 7) is 9.69. The molecule has 1 rings (SSSR count). The van der Waals surface area contributed by atoms with Gasteiger partial charge < -0.3 is 5.32 Å². The zero-order valence-electron chi connectivity index (χ0n) is 12.3. The van der Waals surface area contributed by atoms with Gasteiger partial charge >= 0.3 is 0 Å². The maximum atomic E-state index is 11.6. The van der Waals surface area contributed by atoms with Crippen molar-refractivity contribution in [2.75, 3.05) is 18.9 Å². The fraction of sp³-hybridized carbons (Fsp3) is 0.571. The monoisotopic (exact) mass is 284 g/mol. The summed E-state index contributed by atoms with van der Waals surface area (Å²) in [6, 6.07) is 6.80. The molecule has 19 heavy (non-hydrogen) atoms. The highest BCUT2D eigenvalue weighted by Crippen LogP contribution is 2.25. The van der Waals surface area contributed by atoms with Crippen LogP contribution in [0.2, 0.25) is 0 Å². The Kier molecular flexibility index (Phi) is 4.98. The maximum Gasteiger partial charge on any atom is 0.240 e. The first-order chi connectivity index (χ1) is 8.66. The van der Waals surface area contributed by atoms with Gasteiger partial charge in [0.2, 0.25) is 10.0 Å². The summed E-state index contributed by atoms with van der Waals surface area (Å²) >= 11 is 0. The molecule has 0 aromatic heterocycles. The lowest BCUT2D eigenvalue weighted by Crippen LogP contribution is -2.24. The Morgan fingerprint density at radius 2 is 1.68 bits per heavy atom. The summed E-state index contributed by atoms with van der Waals surface area (Å²) in [5.41, 5.74) is 1.19. The first-order valence-corrected chi connectivity index (χ1v) is 7.92. The van der Waals surface area contributed by atoms with Crippen molar-refractivity contribution in [1.29, 1.82) is 0 Å². The Morgan fingerprint density at radius 3 is 2.11 bits per heavy atom. The van der Waals surface area contributed by atoms with Crippen LogP contribution in [0.15, 0.2) is 29.2 Å². The molecule has 4 nitrogen and oxygen atoms in total. The normalized spacial score (nSPS) is 14.2. The van der Waals surface area contributed by atoms with Gasteiger partial charge in [-0.15, -0.1) is 0 Å². The minimum absolute atomic E-state index is 0.252. The Hall–Kier alpha value is -1.07. The lowest BCUT2D eigenvalue weighted by atomic mass is 9.82. The summed E-state index contributed by atoms with van der Waals surface area (Å²) in [4.78, 5) is 0.282. The molecule has 0 amide bonds. The number of rotatable bonds is 5. The van der Waals surface area contributed by atoms with Crippen LogP contribution in [0.1, 0.15) is 27.7 Å². The van der Waals surface area contributed by atoms with Gasteiger partial charge in [0.05, 0.1) is 4.90 Å². The van der Waals surface area contributed by atoms with Crippen molar-refractivity contribution < 1.29 is 8.42 Å². The van der Waals surface area contributed by atoms with Crippen molar-refractivity contribution in [3.8, 4) is 0 Å². The van der Waals surface area contributed by atoms with E-state index in [0.29, 0.717) is 5.92 Å². The SMILES string of the molecule is CNS(=O)(=O)c1ccc(NCC(C)C(C)(C)C)cc1. The van der Waals surface area contributed by atoms with Crippen molar-refractivity contribution in [2.24, 2.45) is 11.3 Å². The molecule has 108 valence electrons. The second-order valence-electron chi connectivity index (χ2n) is 5.88. The highest BCUT2D eigenvalue weighted by molar-refractivity contribution is 7.89. The van der Waals surface area contributed by atoms with E-state index in [-0.39, 0.29) is 10.3 Å². The molecule has 1 aromatic rings. The highest BCUT2D eigenvalue weighted by atomic mass is 32.2. The van der Waals surface area contributed by atoms with E-state index in [2.05, 4.69) is 37.7 Å². The van der Waals surface area contributed by atoms with Crippen LogP contribution in [0.5, 0.6) is 0 Å². The van der Waals surface area contributed by atoms with E-state index in [1.54, 1.807) is 24.3 Å². The number of benzene rings is 1. The van der Waals surface area contributed by atoms with E-state index in [1.165, 1.54) is 7.05 Å². The van der Waals surface area contributed by atoms with Crippen LogP contribution in [0.4, 0.5) is 5.69 Å². The van der Waals surface area contributed by atoms with Gasteiger partial charge in [-0.25, -0.2) is 13.1 Å². The smallest absolute Gasteiger partial charge is 0.240 e. The molecule has 1 aromatic carbocycles. The van der Waals surface area contributed by atoms with Gasteiger partial charge in [-0.3, -0.25) is 0 Å². The van der Waals surface area contributed by atoms with E-state index in [9.17, 15) is 8.42 Å². The van der Waals surface area contributed by atoms with Gasteiger partial charge in [0.15, 0.2) is 0 Å². The van der Waals surface area contributed by atoms with Crippen LogP contribution < -0.4 is 10.0 Å². The number of nitrogens with one attached hydrogen (secondary N) is 2. The third-order valence-corrected chi connectivity index (χ3v) is 4.95. The molecule has 0 saturated heterocycles. The second-order valence-corrected chi connectivity index (χ2v) is 7.77. The predicted octanol–water partition coefficient (Wildman–Crippen LogP) is 2.69. The van der Waals surface area contributed by atoms with E-state index in [0.717, 1.165) is 12.2 Å². The quantitative estimate of drug-likeness (QED) is 0.874. The molecule has 2 N–H and O–H groups in total. The first-order valence-electron chi connectivity index (χ1n) is 6.44. The topological polar surface area (TPSA) is 58.2 Å². The molecule has 0 fully saturated rings. The zero-order chi connectivity index (χ0) is 14.7. The van der Waals surface area contributed by atoms with Crippen molar-refractivity contribution in [1.82, 2.24) is 4.72 Å². The van der Waals surface area contributed by atoms with Gasteiger partial charge in [-0.1, -0.05) is 27.7 Å². The molecule has 0 aliphatic heterocycles. The third-order valence-electron chi connectivity index (χ3n) is 3.52. The standard InChI is InChI=1S/C14H24N2O2S/c1-11(14(2,3)4)10-16-12-6-8-13(9-7-12)19(17,18)15-5/h6-9,11,15-16H,10H2,1-5H3. The Balaban J connectivity index is 2.69. The maximum absolute atomic E-state index is 11.6. The van der Waals surface area contributed by atoms with E-state index >= 15 is 0 Å². The van der Waals surface area contributed by atoms with Crippen LogP contribution in [-0.2, 0) is 10.0 Å². The minimum Gasteiger partial charge on any atom is -0.385 e. The summed E-state index contributed by atoms with van der Waals surface area (Å²) in [5, 5.41) is 3.33.